The standard InChI is InChI=1S/C22H22N4O/c1-16(27)26-13-5-8-19(15-26)21-20(17-6-3-2-4-7-17)14-24-22(25-21)18-9-11-23-12-10-18/h2-4,6-7,9-12,14,19H,5,8,13,15H2,1H3/t19-/m1/s1. The lowest BCUT2D eigenvalue weighted by molar-refractivity contribution is -0.130. The minimum absolute atomic E-state index is 0.129. The lowest BCUT2D eigenvalue weighted by Crippen LogP contribution is -2.38. The Morgan fingerprint density at radius 1 is 1.07 bits per heavy atom. The molecule has 3 aromatic rings. The van der Waals surface area contributed by atoms with E-state index in [0.29, 0.717) is 12.4 Å². The molecule has 1 saturated heterocycles. The fraction of sp³-hybridized carbons (Fsp3) is 0.273. The number of pyridine rings is 1. The highest BCUT2D eigenvalue weighted by molar-refractivity contribution is 5.74. The Bertz CT molecular complexity index is 928. The Morgan fingerprint density at radius 3 is 2.59 bits per heavy atom. The van der Waals surface area contributed by atoms with E-state index in [-0.39, 0.29) is 11.8 Å². The summed E-state index contributed by atoms with van der Waals surface area (Å²) in [6.07, 6.45) is 7.44. The highest BCUT2D eigenvalue weighted by Gasteiger charge is 2.27. The summed E-state index contributed by atoms with van der Waals surface area (Å²) >= 11 is 0. The SMILES string of the molecule is CC(=O)N1CCC[C@@H](c2nc(-c3ccncc3)ncc2-c2ccccc2)C1. The largest absolute Gasteiger partial charge is 0.342 e. The van der Waals surface area contributed by atoms with E-state index in [2.05, 4.69) is 22.1 Å². The highest BCUT2D eigenvalue weighted by Crippen LogP contribution is 2.34. The van der Waals surface area contributed by atoms with Crippen LogP contribution in [0.5, 0.6) is 0 Å². The average molecular weight is 358 g/mol. The molecule has 1 aliphatic rings. The molecule has 0 spiro atoms. The molecular formula is C22H22N4O. The van der Waals surface area contributed by atoms with E-state index in [9.17, 15) is 4.79 Å². The first-order valence-electron chi connectivity index (χ1n) is 9.30. The van der Waals surface area contributed by atoms with Gasteiger partial charge >= 0.3 is 0 Å². The Hall–Kier alpha value is -3.08. The van der Waals surface area contributed by atoms with Gasteiger partial charge in [-0.2, -0.15) is 0 Å². The van der Waals surface area contributed by atoms with E-state index in [4.69, 9.17) is 4.98 Å². The number of carbonyl (C=O) groups excluding carboxylic acids is 1. The number of likely N-dealkylation sites (tertiary alicyclic amines) is 1. The van der Waals surface area contributed by atoms with E-state index in [1.54, 1.807) is 19.3 Å². The lowest BCUT2D eigenvalue weighted by Gasteiger charge is -2.32. The molecule has 0 unspecified atom stereocenters. The fourth-order valence-electron chi connectivity index (χ4n) is 3.67. The second-order valence-corrected chi connectivity index (χ2v) is 6.90. The molecule has 2 aromatic heterocycles. The summed E-state index contributed by atoms with van der Waals surface area (Å²) in [5.74, 6) is 1.04. The molecule has 3 heterocycles. The van der Waals surface area contributed by atoms with Crippen molar-refractivity contribution in [1.29, 1.82) is 0 Å². The van der Waals surface area contributed by atoms with Crippen molar-refractivity contribution < 1.29 is 4.79 Å². The van der Waals surface area contributed by atoms with E-state index in [0.717, 1.165) is 41.8 Å². The molecule has 27 heavy (non-hydrogen) atoms. The van der Waals surface area contributed by atoms with Crippen LogP contribution in [0.1, 0.15) is 31.4 Å². The van der Waals surface area contributed by atoms with Crippen LogP contribution < -0.4 is 0 Å². The van der Waals surface area contributed by atoms with Crippen LogP contribution in [0.25, 0.3) is 22.5 Å². The van der Waals surface area contributed by atoms with Gasteiger partial charge in [0.15, 0.2) is 5.82 Å². The van der Waals surface area contributed by atoms with Gasteiger partial charge in [0, 0.05) is 55.6 Å². The van der Waals surface area contributed by atoms with Crippen LogP contribution in [-0.2, 0) is 4.79 Å². The smallest absolute Gasteiger partial charge is 0.219 e. The molecule has 5 nitrogen and oxygen atoms in total. The molecule has 5 heteroatoms. The predicted molar refractivity (Wildman–Crippen MR) is 105 cm³/mol. The van der Waals surface area contributed by atoms with Crippen molar-refractivity contribution >= 4 is 5.91 Å². The third-order valence-electron chi connectivity index (χ3n) is 5.09. The van der Waals surface area contributed by atoms with Gasteiger partial charge in [0.05, 0.1) is 5.69 Å². The molecule has 4 rings (SSSR count). The molecule has 1 fully saturated rings. The molecule has 0 bridgehead atoms. The fourth-order valence-corrected chi connectivity index (χ4v) is 3.67. The minimum Gasteiger partial charge on any atom is -0.342 e. The van der Waals surface area contributed by atoms with Gasteiger partial charge < -0.3 is 4.90 Å². The summed E-state index contributed by atoms with van der Waals surface area (Å²) in [5.41, 5.74) is 4.12. The maximum absolute atomic E-state index is 11.9. The number of hydrogen-bond acceptors (Lipinski definition) is 4. The third-order valence-corrected chi connectivity index (χ3v) is 5.09. The molecule has 0 saturated carbocycles. The molecular weight excluding hydrogens is 336 g/mol. The number of nitrogens with zero attached hydrogens (tertiary/aromatic N) is 4. The van der Waals surface area contributed by atoms with Crippen molar-refractivity contribution in [3.05, 3.63) is 66.7 Å². The number of rotatable bonds is 3. The average Bonchev–Trinajstić information content (AvgIpc) is 2.74. The van der Waals surface area contributed by atoms with Crippen LogP contribution in [-0.4, -0.2) is 38.8 Å². The Labute approximate surface area is 159 Å². The Kier molecular flexibility index (Phi) is 4.92. The van der Waals surface area contributed by atoms with Crippen molar-refractivity contribution in [3.63, 3.8) is 0 Å². The van der Waals surface area contributed by atoms with Gasteiger partial charge in [0.25, 0.3) is 0 Å². The quantitative estimate of drug-likeness (QED) is 0.712. The summed E-state index contributed by atoms with van der Waals surface area (Å²) in [5, 5.41) is 0. The van der Waals surface area contributed by atoms with Crippen molar-refractivity contribution in [3.8, 4) is 22.5 Å². The van der Waals surface area contributed by atoms with Crippen LogP contribution in [0.3, 0.4) is 0 Å². The number of hydrogen-bond donors (Lipinski definition) is 0. The van der Waals surface area contributed by atoms with Crippen molar-refractivity contribution in [1.82, 2.24) is 19.9 Å². The van der Waals surface area contributed by atoms with Gasteiger partial charge in [0.2, 0.25) is 5.91 Å². The van der Waals surface area contributed by atoms with Crippen LogP contribution in [0, 0.1) is 0 Å². The maximum atomic E-state index is 11.9. The normalized spacial score (nSPS) is 16.9. The Morgan fingerprint density at radius 2 is 1.85 bits per heavy atom. The van der Waals surface area contributed by atoms with Crippen LogP contribution in [0.2, 0.25) is 0 Å². The second-order valence-electron chi connectivity index (χ2n) is 6.90. The second kappa shape index (κ2) is 7.66. The van der Waals surface area contributed by atoms with Gasteiger partial charge in [-0.3, -0.25) is 9.78 Å². The maximum Gasteiger partial charge on any atom is 0.219 e. The number of piperidine rings is 1. The van der Waals surface area contributed by atoms with Crippen molar-refractivity contribution in [2.75, 3.05) is 13.1 Å². The first kappa shape index (κ1) is 17.3. The molecule has 0 N–H and O–H groups in total. The molecule has 1 aliphatic heterocycles. The van der Waals surface area contributed by atoms with Crippen LogP contribution >= 0.6 is 0 Å². The monoisotopic (exact) mass is 358 g/mol. The van der Waals surface area contributed by atoms with Gasteiger partial charge in [-0.25, -0.2) is 9.97 Å². The van der Waals surface area contributed by atoms with Crippen molar-refractivity contribution in [2.45, 2.75) is 25.7 Å². The Balaban J connectivity index is 1.79. The van der Waals surface area contributed by atoms with Gasteiger partial charge in [-0.15, -0.1) is 0 Å². The zero-order valence-corrected chi connectivity index (χ0v) is 15.4. The van der Waals surface area contributed by atoms with E-state index in [1.807, 2.05) is 41.4 Å². The molecule has 1 amide bonds. The van der Waals surface area contributed by atoms with Crippen molar-refractivity contribution in [2.24, 2.45) is 0 Å². The number of aromatic nitrogens is 3. The van der Waals surface area contributed by atoms with E-state index < -0.39 is 0 Å². The van der Waals surface area contributed by atoms with E-state index in [1.165, 1.54) is 0 Å². The summed E-state index contributed by atoms with van der Waals surface area (Å²) in [6, 6.07) is 14.1. The third kappa shape index (κ3) is 3.72. The van der Waals surface area contributed by atoms with Crippen LogP contribution in [0.4, 0.5) is 0 Å². The molecule has 136 valence electrons. The lowest BCUT2D eigenvalue weighted by atomic mass is 9.89. The van der Waals surface area contributed by atoms with Crippen LogP contribution in [0.15, 0.2) is 61.1 Å². The van der Waals surface area contributed by atoms with Gasteiger partial charge in [0.1, 0.15) is 0 Å². The van der Waals surface area contributed by atoms with E-state index >= 15 is 0 Å². The molecule has 0 aliphatic carbocycles. The summed E-state index contributed by atoms with van der Waals surface area (Å²) in [4.78, 5) is 27.5. The number of amides is 1. The molecule has 1 aromatic carbocycles. The summed E-state index contributed by atoms with van der Waals surface area (Å²) < 4.78 is 0. The topological polar surface area (TPSA) is 59.0 Å². The zero-order chi connectivity index (χ0) is 18.6. The number of carbonyl (C=O) groups is 1. The summed E-state index contributed by atoms with van der Waals surface area (Å²) in [7, 11) is 0. The first-order valence-corrected chi connectivity index (χ1v) is 9.30. The predicted octanol–water partition coefficient (Wildman–Crippen LogP) is 3.93. The first-order chi connectivity index (χ1) is 13.2. The highest BCUT2D eigenvalue weighted by atomic mass is 16.2. The van der Waals surface area contributed by atoms with Gasteiger partial charge in [-0.05, 0) is 30.5 Å². The molecule has 1 atom stereocenters. The minimum atomic E-state index is 0.129. The van der Waals surface area contributed by atoms with Gasteiger partial charge in [-0.1, -0.05) is 30.3 Å². The number of benzene rings is 1. The zero-order valence-electron chi connectivity index (χ0n) is 15.4. The summed E-state index contributed by atoms with van der Waals surface area (Å²) in [6.45, 7) is 3.18. The molecule has 0 radical (unpaired) electrons.